The molecule has 0 radical (unpaired) electrons. The third-order valence-corrected chi connectivity index (χ3v) is 4.07. The van der Waals surface area contributed by atoms with E-state index >= 15 is 0 Å². The third-order valence-electron chi connectivity index (χ3n) is 2.14. The zero-order valence-corrected chi connectivity index (χ0v) is 11.3. The van der Waals surface area contributed by atoms with E-state index in [-0.39, 0.29) is 12.1 Å². The highest BCUT2D eigenvalue weighted by atomic mass is 127. The molecule has 0 aromatic heterocycles. The van der Waals surface area contributed by atoms with Gasteiger partial charge in [0, 0.05) is 26.8 Å². The molecule has 4 nitrogen and oxygen atoms in total. The largest absolute Gasteiger partial charge is 0.445 e. The Kier molecular flexibility index (Phi) is 5.01. The number of halogens is 2. The van der Waals surface area contributed by atoms with Crippen molar-refractivity contribution in [2.45, 2.75) is 35.3 Å². The zero-order chi connectivity index (χ0) is 9.84. The Labute approximate surface area is 105 Å². The molecule has 76 valence electrons. The maximum Gasteiger partial charge on any atom is 0.404 e. The molecule has 1 fully saturated rings. The van der Waals surface area contributed by atoms with Crippen molar-refractivity contribution < 1.29 is 9.53 Å². The van der Waals surface area contributed by atoms with Gasteiger partial charge in [-0.2, -0.15) is 0 Å². The summed E-state index contributed by atoms with van der Waals surface area (Å²) in [4.78, 5) is 10.6. The summed E-state index contributed by atoms with van der Waals surface area (Å²) < 4.78 is 8.73. The molecular formula is C7H12I2N2O2. The minimum atomic E-state index is -0.674. The van der Waals surface area contributed by atoms with Crippen LogP contribution in [0.2, 0.25) is 0 Å². The Hall–Kier alpha value is 0.690. The summed E-state index contributed by atoms with van der Waals surface area (Å²) >= 11 is 4.47. The highest BCUT2D eigenvalue weighted by Gasteiger charge is 2.31. The van der Waals surface area contributed by atoms with Crippen LogP contribution in [0.3, 0.4) is 0 Å². The molecule has 3 atom stereocenters. The number of carbonyl (C=O) groups is 1. The molecule has 3 unspecified atom stereocenters. The first-order valence-corrected chi connectivity index (χ1v) is 6.42. The first-order chi connectivity index (χ1) is 6.13. The molecule has 0 saturated heterocycles. The van der Waals surface area contributed by atoms with E-state index in [9.17, 15) is 4.79 Å². The molecule has 0 aromatic carbocycles. The SMILES string of the molecule is NC(=O)OC1CC(I)CCC1NI. The molecule has 1 amide bonds. The lowest BCUT2D eigenvalue weighted by atomic mass is 9.93. The molecule has 1 saturated carbocycles. The van der Waals surface area contributed by atoms with Gasteiger partial charge in [0.1, 0.15) is 6.10 Å². The van der Waals surface area contributed by atoms with E-state index in [2.05, 4.69) is 49.0 Å². The number of alkyl halides is 1. The van der Waals surface area contributed by atoms with Crippen molar-refractivity contribution in [2.75, 3.05) is 0 Å². The van der Waals surface area contributed by atoms with Gasteiger partial charge >= 0.3 is 6.09 Å². The average Bonchev–Trinajstić information content (AvgIpc) is 2.03. The lowest BCUT2D eigenvalue weighted by Gasteiger charge is -2.32. The van der Waals surface area contributed by atoms with Gasteiger partial charge < -0.3 is 10.5 Å². The van der Waals surface area contributed by atoms with E-state index in [0.717, 1.165) is 12.8 Å². The van der Waals surface area contributed by atoms with Gasteiger partial charge in [0.05, 0.1) is 6.04 Å². The van der Waals surface area contributed by atoms with E-state index in [1.165, 1.54) is 6.42 Å². The zero-order valence-electron chi connectivity index (χ0n) is 7.00. The number of amides is 1. The van der Waals surface area contributed by atoms with Crippen molar-refractivity contribution in [2.24, 2.45) is 5.73 Å². The molecule has 0 bridgehead atoms. The fraction of sp³-hybridized carbons (Fsp3) is 0.857. The minimum absolute atomic E-state index is 0.0648. The van der Waals surface area contributed by atoms with Crippen LogP contribution in [0.25, 0.3) is 0 Å². The number of nitrogens with two attached hydrogens (primary N) is 1. The van der Waals surface area contributed by atoms with Gasteiger partial charge in [-0.1, -0.05) is 22.6 Å². The molecule has 3 N–H and O–H groups in total. The smallest absolute Gasteiger partial charge is 0.404 e. The number of primary amides is 1. The summed E-state index contributed by atoms with van der Waals surface area (Å²) in [7, 11) is 0. The third kappa shape index (κ3) is 3.74. The molecule has 1 rings (SSSR count). The highest BCUT2D eigenvalue weighted by Crippen LogP contribution is 2.27. The second-order valence-corrected chi connectivity index (χ2v) is 5.49. The first kappa shape index (κ1) is 11.8. The Morgan fingerprint density at radius 1 is 1.54 bits per heavy atom. The van der Waals surface area contributed by atoms with Crippen LogP contribution in [0.5, 0.6) is 0 Å². The van der Waals surface area contributed by atoms with Crippen LogP contribution in [0.15, 0.2) is 0 Å². The average molecular weight is 410 g/mol. The van der Waals surface area contributed by atoms with Crippen molar-refractivity contribution in [1.29, 1.82) is 0 Å². The lowest BCUT2D eigenvalue weighted by Crippen LogP contribution is -2.44. The van der Waals surface area contributed by atoms with E-state index < -0.39 is 6.09 Å². The Morgan fingerprint density at radius 3 is 2.77 bits per heavy atom. The lowest BCUT2D eigenvalue weighted by molar-refractivity contribution is 0.0701. The topological polar surface area (TPSA) is 64.4 Å². The van der Waals surface area contributed by atoms with Gasteiger partial charge in [-0.3, -0.25) is 3.53 Å². The Balaban J connectivity index is 2.49. The van der Waals surface area contributed by atoms with Gasteiger partial charge in [-0.15, -0.1) is 0 Å². The molecule has 1 aliphatic carbocycles. The second-order valence-electron chi connectivity index (χ2n) is 3.10. The predicted octanol–water partition coefficient (Wildman–Crippen LogP) is 1.75. The summed E-state index contributed by atoms with van der Waals surface area (Å²) in [6.07, 6.45) is 2.36. The first-order valence-electron chi connectivity index (χ1n) is 4.09. The Morgan fingerprint density at radius 2 is 2.23 bits per heavy atom. The fourth-order valence-electron chi connectivity index (χ4n) is 1.48. The van der Waals surface area contributed by atoms with Crippen molar-refractivity contribution in [1.82, 2.24) is 3.53 Å². The van der Waals surface area contributed by atoms with Crippen LogP contribution < -0.4 is 9.26 Å². The molecule has 0 aliphatic heterocycles. The highest BCUT2D eigenvalue weighted by molar-refractivity contribution is 14.1. The predicted molar refractivity (Wildman–Crippen MR) is 67.1 cm³/mol. The van der Waals surface area contributed by atoms with Crippen molar-refractivity contribution >= 4 is 51.5 Å². The van der Waals surface area contributed by atoms with Gasteiger partial charge in [-0.25, -0.2) is 4.79 Å². The molecule has 1 aliphatic rings. The van der Waals surface area contributed by atoms with Gasteiger partial charge in [0.2, 0.25) is 0 Å². The van der Waals surface area contributed by atoms with Crippen LogP contribution >= 0.6 is 45.5 Å². The molecule has 0 heterocycles. The quantitative estimate of drug-likeness (QED) is 0.415. The molecule has 0 spiro atoms. The summed E-state index contributed by atoms with van der Waals surface area (Å²) in [5, 5.41) is 0. The van der Waals surface area contributed by atoms with E-state index in [1.807, 2.05) is 0 Å². The maximum atomic E-state index is 10.6. The summed E-state index contributed by atoms with van der Waals surface area (Å²) in [5.74, 6) is 0. The number of hydrogen-bond acceptors (Lipinski definition) is 3. The number of rotatable bonds is 2. The normalized spacial score (nSPS) is 34.2. The maximum absolute atomic E-state index is 10.6. The van der Waals surface area contributed by atoms with Gasteiger partial charge in [0.15, 0.2) is 0 Å². The molecular weight excluding hydrogens is 398 g/mol. The molecule has 13 heavy (non-hydrogen) atoms. The van der Waals surface area contributed by atoms with E-state index in [0.29, 0.717) is 3.92 Å². The van der Waals surface area contributed by atoms with Crippen LogP contribution in [-0.2, 0) is 4.74 Å². The summed E-state index contributed by atoms with van der Waals surface area (Å²) in [6.45, 7) is 0. The number of nitrogens with one attached hydrogen (secondary N) is 1. The summed E-state index contributed by atoms with van der Waals surface area (Å²) in [5.41, 5.74) is 4.99. The van der Waals surface area contributed by atoms with Crippen LogP contribution in [-0.4, -0.2) is 22.2 Å². The van der Waals surface area contributed by atoms with Crippen LogP contribution in [0.1, 0.15) is 19.3 Å². The van der Waals surface area contributed by atoms with Crippen LogP contribution in [0, 0.1) is 0 Å². The second kappa shape index (κ2) is 5.54. The minimum Gasteiger partial charge on any atom is -0.445 e. The fourth-order valence-corrected chi connectivity index (χ4v) is 3.06. The molecule has 6 heteroatoms. The number of hydrogen-bond donors (Lipinski definition) is 2. The number of ether oxygens (including phenoxy) is 1. The van der Waals surface area contributed by atoms with Crippen molar-refractivity contribution in [3.05, 3.63) is 0 Å². The van der Waals surface area contributed by atoms with Crippen molar-refractivity contribution in [3.63, 3.8) is 0 Å². The van der Waals surface area contributed by atoms with Gasteiger partial charge in [0.25, 0.3) is 0 Å². The van der Waals surface area contributed by atoms with E-state index in [1.54, 1.807) is 0 Å². The van der Waals surface area contributed by atoms with Crippen molar-refractivity contribution in [3.8, 4) is 0 Å². The monoisotopic (exact) mass is 410 g/mol. The van der Waals surface area contributed by atoms with E-state index in [4.69, 9.17) is 10.5 Å². The molecule has 0 aromatic rings. The standard InChI is InChI=1S/C7H12I2N2O2/c8-4-1-2-5(11-9)6(3-4)13-7(10)12/h4-6,11H,1-3H2,(H2,10,12). The van der Waals surface area contributed by atoms with Crippen LogP contribution in [0.4, 0.5) is 4.79 Å². The Bertz CT molecular complexity index is 191. The number of carbonyl (C=O) groups excluding carboxylic acids is 1. The summed E-state index contributed by atoms with van der Waals surface area (Å²) in [6, 6.07) is 0.249. The van der Waals surface area contributed by atoms with Gasteiger partial charge in [-0.05, 0) is 19.3 Å².